The van der Waals surface area contributed by atoms with E-state index in [1.165, 1.54) is 32.1 Å². The molecule has 0 aromatic heterocycles. The third-order valence-electron chi connectivity index (χ3n) is 3.44. The molecule has 4 heteroatoms. The smallest absolute Gasteiger partial charge is 0.250 e. The molecule has 0 aliphatic heterocycles. The number of carbonyl (C=O) groups excluding carboxylic acids is 1. The molecule has 94 valence electrons. The van der Waals surface area contributed by atoms with Gasteiger partial charge in [0.25, 0.3) is 0 Å². The molecule has 1 saturated carbocycles. The molecule has 1 amide bonds. The first-order chi connectivity index (χ1) is 7.65. The molecule has 1 aliphatic carbocycles. The van der Waals surface area contributed by atoms with E-state index in [2.05, 4.69) is 5.32 Å². The second-order valence-corrected chi connectivity index (χ2v) is 4.77. The fourth-order valence-electron chi connectivity index (χ4n) is 2.16. The summed E-state index contributed by atoms with van der Waals surface area (Å²) in [6, 6.07) is -0.452. The fourth-order valence-corrected chi connectivity index (χ4v) is 2.16. The van der Waals surface area contributed by atoms with Crippen molar-refractivity contribution in [2.24, 2.45) is 11.7 Å². The first-order valence-corrected chi connectivity index (χ1v) is 6.36. The lowest BCUT2D eigenvalue weighted by molar-refractivity contribution is -0.130. The first-order valence-electron chi connectivity index (χ1n) is 6.36. The Kier molecular flexibility index (Phi) is 5.77. The van der Waals surface area contributed by atoms with E-state index in [-0.39, 0.29) is 5.91 Å². The summed E-state index contributed by atoms with van der Waals surface area (Å²) in [7, 11) is 0. The molecule has 1 aliphatic rings. The standard InChI is InChI=1S/C12H24N2O2/c1-2-10(13)11(15)12(16)14-8-9-6-4-3-5-7-9/h9-11,15H,2-8,13H2,1H3,(H,14,16). The maximum absolute atomic E-state index is 11.5. The van der Waals surface area contributed by atoms with Crippen molar-refractivity contribution in [2.75, 3.05) is 6.54 Å². The van der Waals surface area contributed by atoms with Crippen LogP contribution in [0.15, 0.2) is 0 Å². The Hall–Kier alpha value is -0.610. The number of rotatable bonds is 5. The minimum Gasteiger partial charge on any atom is -0.382 e. The van der Waals surface area contributed by atoms with Gasteiger partial charge in [0.15, 0.2) is 0 Å². The van der Waals surface area contributed by atoms with Crippen molar-refractivity contribution in [3.05, 3.63) is 0 Å². The number of nitrogens with one attached hydrogen (secondary N) is 1. The number of aliphatic hydroxyl groups is 1. The second kappa shape index (κ2) is 6.86. The van der Waals surface area contributed by atoms with Gasteiger partial charge in [-0.25, -0.2) is 0 Å². The first kappa shape index (κ1) is 13.5. The minimum absolute atomic E-state index is 0.320. The van der Waals surface area contributed by atoms with E-state index in [4.69, 9.17) is 5.73 Å². The zero-order valence-electron chi connectivity index (χ0n) is 10.1. The van der Waals surface area contributed by atoms with E-state index in [1.807, 2.05) is 6.92 Å². The highest BCUT2D eigenvalue weighted by Gasteiger charge is 2.22. The van der Waals surface area contributed by atoms with Gasteiger partial charge >= 0.3 is 0 Å². The van der Waals surface area contributed by atoms with Gasteiger partial charge in [0.1, 0.15) is 6.10 Å². The molecular formula is C12H24N2O2. The molecule has 0 aromatic rings. The van der Waals surface area contributed by atoms with Crippen molar-refractivity contribution in [2.45, 2.75) is 57.6 Å². The third kappa shape index (κ3) is 4.10. The number of amides is 1. The molecule has 16 heavy (non-hydrogen) atoms. The molecule has 0 aromatic carbocycles. The van der Waals surface area contributed by atoms with Gasteiger partial charge in [-0.2, -0.15) is 0 Å². The highest BCUT2D eigenvalue weighted by molar-refractivity contribution is 5.81. The number of aliphatic hydroxyl groups excluding tert-OH is 1. The van der Waals surface area contributed by atoms with Crippen LogP contribution in [0, 0.1) is 5.92 Å². The van der Waals surface area contributed by atoms with Crippen molar-refractivity contribution >= 4 is 5.91 Å². The van der Waals surface area contributed by atoms with Gasteiger partial charge in [-0.05, 0) is 25.2 Å². The Morgan fingerprint density at radius 2 is 2.06 bits per heavy atom. The van der Waals surface area contributed by atoms with Crippen molar-refractivity contribution in [1.82, 2.24) is 5.32 Å². The zero-order chi connectivity index (χ0) is 12.0. The number of nitrogens with two attached hydrogens (primary N) is 1. The van der Waals surface area contributed by atoms with E-state index < -0.39 is 12.1 Å². The van der Waals surface area contributed by atoms with Crippen molar-refractivity contribution in [3.63, 3.8) is 0 Å². The third-order valence-corrected chi connectivity index (χ3v) is 3.44. The quantitative estimate of drug-likeness (QED) is 0.651. The number of carbonyl (C=O) groups is 1. The van der Waals surface area contributed by atoms with E-state index >= 15 is 0 Å². The zero-order valence-corrected chi connectivity index (χ0v) is 10.1. The van der Waals surface area contributed by atoms with E-state index in [0.29, 0.717) is 18.9 Å². The van der Waals surface area contributed by atoms with Gasteiger partial charge in [0.05, 0.1) is 0 Å². The normalized spacial score (nSPS) is 21.4. The summed E-state index contributed by atoms with van der Waals surface area (Å²) >= 11 is 0. The molecule has 0 spiro atoms. The van der Waals surface area contributed by atoms with E-state index in [0.717, 1.165) is 0 Å². The molecule has 2 unspecified atom stereocenters. The van der Waals surface area contributed by atoms with Gasteiger partial charge in [-0.3, -0.25) is 4.79 Å². The number of hydrogen-bond donors (Lipinski definition) is 3. The van der Waals surface area contributed by atoms with Crippen LogP contribution in [0.2, 0.25) is 0 Å². The van der Waals surface area contributed by atoms with Crippen LogP contribution in [0.4, 0.5) is 0 Å². The largest absolute Gasteiger partial charge is 0.382 e. The molecule has 0 heterocycles. The van der Waals surface area contributed by atoms with Gasteiger partial charge in [-0.1, -0.05) is 26.2 Å². The van der Waals surface area contributed by atoms with Crippen molar-refractivity contribution in [1.29, 1.82) is 0 Å². The average Bonchev–Trinajstić information content (AvgIpc) is 2.35. The molecule has 1 fully saturated rings. The second-order valence-electron chi connectivity index (χ2n) is 4.77. The summed E-state index contributed by atoms with van der Waals surface area (Å²) in [6.07, 6.45) is 5.77. The maximum Gasteiger partial charge on any atom is 0.250 e. The summed E-state index contributed by atoms with van der Waals surface area (Å²) < 4.78 is 0. The highest BCUT2D eigenvalue weighted by atomic mass is 16.3. The van der Waals surface area contributed by atoms with Crippen LogP contribution in [0.25, 0.3) is 0 Å². The summed E-state index contributed by atoms with van der Waals surface area (Å²) in [5.41, 5.74) is 5.62. The van der Waals surface area contributed by atoms with Crippen LogP contribution in [0.5, 0.6) is 0 Å². The minimum atomic E-state index is -1.06. The fraction of sp³-hybridized carbons (Fsp3) is 0.917. The van der Waals surface area contributed by atoms with Crippen LogP contribution in [-0.4, -0.2) is 29.7 Å². The summed E-state index contributed by atoms with van der Waals surface area (Å²) in [6.45, 7) is 2.55. The van der Waals surface area contributed by atoms with Crippen LogP contribution < -0.4 is 11.1 Å². The van der Waals surface area contributed by atoms with Crippen LogP contribution in [0.1, 0.15) is 45.4 Å². The highest BCUT2D eigenvalue weighted by Crippen LogP contribution is 2.22. The summed E-state index contributed by atoms with van der Waals surface area (Å²) in [5.74, 6) is 0.266. The molecule has 0 radical (unpaired) electrons. The van der Waals surface area contributed by atoms with Gasteiger partial charge in [0.2, 0.25) is 5.91 Å². The van der Waals surface area contributed by atoms with Crippen LogP contribution in [-0.2, 0) is 4.79 Å². The lowest BCUT2D eigenvalue weighted by Crippen LogP contribution is -2.47. The van der Waals surface area contributed by atoms with Crippen LogP contribution >= 0.6 is 0 Å². The van der Waals surface area contributed by atoms with E-state index in [9.17, 15) is 9.90 Å². The molecule has 4 nitrogen and oxygen atoms in total. The van der Waals surface area contributed by atoms with Gasteiger partial charge in [0, 0.05) is 12.6 Å². The summed E-state index contributed by atoms with van der Waals surface area (Å²) in [5, 5.41) is 12.4. The van der Waals surface area contributed by atoms with Crippen molar-refractivity contribution < 1.29 is 9.90 Å². The Morgan fingerprint density at radius 3 is 2.62 bits per heavy atom. The predicted molar refractivity (Wildman–Crippen MR) is 63.9 cm³/mol. The maximum atomic E-state index is 11.5. The average molecular weight is 228 g/mol. The molecule has 0 bridgehead atoms. The lowest BCUT2D eigenvalue weighted by Gasteiger charge is -2.23. The SMILES string of the molecule is CCC(N)C(O)C(=O)NCC1CCCCC1. The number of hydrogen-bond acceptors (Lipinski definition) is 3. The Balaban J connectivity index is 2.23. The van der Waals surface area contributed by atoms with Crippen LogP contribution in [0.3, 0.4) is 0 Å². The lowest BCUT2D eigenvalue weighted by atomic mass is 9.89. The molecule has 1 rings (SSSR count). The predicted octanol–water partition coefficient (Wildman–Crippen LogP) is 0.781. The molecular weight excluding hydrogens is 204 g/mol. The van der Waals surface area contributed by atoms with Crippen molar-refractivity contribution in [3.8, 4) is 0 Å². The van der Waals surface area contributed by atoms with Gasteiger partial charge in [-0.15, -0.1) is 0 Å². The topological polar surface area (TPSA) is 75.3 Å². The van der Waals surface area contributed by atoms with Gasteiger partial charge < -0.3 is 16.2 Å². The Morgan fingerprint density at radius 1 is 1.44 bits per heavy atom. The van der Waals surface area contributed by atoms with E-state index in [1.54, 1.807) is 0 Å². The molecule has 2 atom stereocenters. The molecule has 0 saturated heterocycles. The molecule has 4 N–H and O–H groups in total. The monoisotopic (exact) mass is 228 g/mol. The Labute approximate surface area is 97.6 Å². The summed E-state index contributed by atoms with van der Waals surface area (Å²) in [4.78, 5) is 11.5. The Bertz CT molecular complexity index is 215.